The Bertz CT molecular complexity index is 419. The van der Waals surface area contributed by atoms with Crippen LogP contribution in [0.5, 0.6) is 0 Å². The van der Waals surface area contributed by atoms with Crippen LogP contribution in [-0.2, 0) is 16.1 Å². The maximum Gasteiger partial charge on any atom is 0.234 e. The summed E-state index contributed by atoms with van der Waals surface area (Å²) in [6.45, 7) is 6.29. The first kappa shape index (κ1) is 15.9. The van der Waals surface area contributed by atoms with Crippen LogP contribution in [-0.4, -0.2) is 73.7 Å². The number of nitrogens with zero attached hydrogens (tertiary/aromatic N) is 3. The number of ether oxygens (including phenoxy) is 1. The summed E-state index contributed by atoms with van der Waals surface area (Å²) < 4.78 is 4.91. The van der Waals surface area contributed by atoms with Gasteiger partial charge < -0.3 is 10.1 Å². The molecule has 1 aliphatic heterocycles. The van der Waals surface area contributed by atoms with Crippen molar-refractivity contribution in [2.45, 2.75) is 6.54 Å². The molecule has 2 heterocycles. The van der Waals surface area contributed by atoms with Crippen molar-refractivity contribution in [3.63, 3.8) is 0 Å². The summed E-state index contributed by atoms with van der Waals surface area (Å²) in [7, 11) is 1.63. The van der Waals surface area contributed by atoms with Gasteiger partial charge in [0.15, 0.2) is 0 Å². The van der Waals surface area contributed by atoms with E-state index in [0.29, 0.717) is 19.7 Å². The van der Waals surface area contributed by atoms with Gasteiger partial charge in [0, 0.05) is 52.6 Å². The number of carbonyl (C=O) groups excluding carboxylic acids is 1. The van der Waals surface area contributed by atoms with Crippen molar-refractivity contribution in [3.05, 3.63) is 30.1 Å². The van der Waals surface area contributed by atoms with Crippen molar-refractivity contribution in [1.29, 1.82) is 0 Å². The summed E-state index contributed by atoms with van der Waals surface area (Å²) in [5, 5.41) is 2.85. The van der Waals surface area contributed by atoms with Gasteiger partial charge in [-0.2, -0.15) is 0 Å². The Kier molecular flexibility index (Phi) is 6.59. The fraction of sp³-hybridized carbons (Fsp3) is 0.600. The van der Waals surface area contributed by atoms with Gasteiger partial charge in [-0.15, -0.1) is 0 Å². The molecule has 1 aromatic heterocycles. The molecule has 1 N–H and O–H groups in total. The quantitative estimate of drug-likeness (QED) is 0.715. The van der Waals surface area contributed by atoms with Crippen molar-refractivity contribution in [1.82, 2.24) is 20.1 Å². The molecule has 1 saturated heterocycles. The highest BCUT2D eigenvalue weighted by Crippen LogP contribution is 2.06. The zero-order valence-corrected chi connectivity index (χ0v) is 12.6. The molecule has 1 aliphatic rings. The Morgan fingerprint density at radius 2 is 2.05 bits per heavy atom. The van der Waals surface area contributed by atoms with Gasteiger partial charge in [0.25, 0.3) is 0 Å². The van der Waals surface area contributed by atoms with Crippen molar-refractivity contribution >= 4 is 5.91 Å². The van der Waals surface area contributed by atoms with Gasteiger partial charge >= 0.3 is 0 Å². The molecule has 116 valence electrons. The molecule has 1 amide bonds. The first-order valence-electron chi connectivity index (χ1n) is 7.38. The van der Waals surface area contributed by atoms with Crippen LogP contribution in [0.3, 0.4) is 0 Å². The van der Waals surface area contributed by atoms with Crippen LogP contribution in [0, 0.1) is 0 Å². The molecule has 0 aliphatic carbocycles. The fourth-order valence-electron chi connectivity index (χ4n) is 2.38. The summed E-state index contributed by atoms with van der Waals surface area (Å²) in [5.74, 6) is 0.0743. The number of nitrogens with one attached hydrogen (secondary N) is 1. The lowest BCUT2D eigenvalue weighted by molar-refractivity contribution is -0.122. The van der Waals surface area contributed by atoms with Gasteiger partial charge in [0.05, 0.1) is 18.8 Å². The second kappa shape index (κ2) is 8.71. The number of piperazine rings is 1. The highest BCUT2D eigenvalue weighted by atomic mass is 16.5. The largest absolute Gasteiger partial charge is 0.383 e. The van der Waals surface area contributed by atoms with E-state index >= 15 is 0 Å². The van der Waals surface area contributed by atoms with Gasteiger partial charge in [-0.05, 0) is 12.1 Å². The van der Waals surface area contributed by atoms with E-state index in [2.05, 4.69) is 26.2 Å². The van der Waals surface area contributed by atoms with Crippen molar-refractivity contribution in [3.8, 4) is 0 Å². The van der Waals surface area contributed by atoms with Gasteiger partial charge in [0.1, 0.15) is 0 Å². The predicted molar refractivity (Wildman–Crippen MR) is 80.8 cm³/mol. The summed E-state index contributed by atoms with van der Waals surface area (Å²) >= 11 is 0. The monoisotopic (exact) mass is 292 g/mol. The maximum atomic E-state index is 11.7. The Balaban J connectivity index is 1.65. The zero-order chi connectivity index (χ0) is 14.9. The molecule has 0 atom stereocenters. The third-order valence-electron chi connectivity index (χ3n) is 3.57. The smallest absolute Gasteiger partial charge is 0.234 e. The lowest BCUT2D eigenvalue weighted by atomic mass is 10.2. The molecule has 0 radical (unpaired) electrons. The molecule has 6 heteroatoms. The average Bonchev–Trinajstić information content (AvgIpc) is 2.51. The number of aromatic nitrogens is 1. The molecule has 0 unspecified atom stereocenters. The normalized spacial score (nSPS) is 16.8. The third kappa shape index (κ3) is 5.79. The molecule has 1 aromatic rings. The molecule has 0 saturated carbocycles. The van der Waals surface area contributed by atoms with Crippen LogP contribution in [0.15, 0.2) is 24.4 Å². The number of methoxy groups -OCH3 is 1. The van der Waals surface area contributed by atoms with E-state index in [1.54, 1.807) is 7.11 Å². The summed E-state index contributed by atoms with van der Waals surface area (Å²) in [6.07, 6.45) is 1.83. The molecule has 6 nitrogen and oxygen atoms in total. The second-order valence-electron chi connectivity index (χ2n) is 5.22. The summed E-state index contributed by atoms with van der Waals surface area (Å²) in [4.78, 5) is 20.6. The van der Waals surface area contributed by atoms with Crippen LogP contribution in [0.25, 0.3) is 0 Å². The SMILES string of the molecule is COCCNC(=O)CN1CCN(Cc2ccccn2)CC1. The Morgan fingerprint density at radius 3 is 2.71 bits per heavy atom. The minimum atomic E-state index is 0.0743. The molecular weight excluding hydrogens is 268 g/mol. The standard InChI is InChI=1S/C15H24N4O2/c1-21-11-6-17-15(20)13-19-9-7-18(8-10-19)12-14-4-2-3-5-16-14/h2-5H,6-13H2,1H3,(H,17,20). The Labute approximate surface area is 126 Å². The summed E-state index contributed by atoms with van der Waals surface area (Å²) in [5.41, 5.74) is 1.10. The van der Waals surface area contributed by atoms with Gasteiger partial charge in [-0.25, -0.2) is 0 Å². The second-order valence-corrected chi connectivity index (χ2v) is 5.22. The number of hydrogen-bond donors (Lipinski definition) is 1. The van der Waals surface area contributed by atoms with Crippen LogP contribution < -0.4 is 5.32 Å². The summed E-state index contributed by atoms with van der Waals surface area (Å²) in [6, 6.07) is 6.00. The van der Waals surface area contributed by atoms with Crippen LogP contribution >= 0.6 is 0 Å². The highest BCUT2D eigenvalue weighted by Gasteiger charge is 2.18. The van der Waals surface area contributed by atoms with Crippen molar-refractivity contribution in [2.75, 3.05) is 53.0 Å². The van der Waals surface area contributed by atoms with Gasteiger partial charge in [-0.1, -0.05) is 6.07 Å². The van der Waals surface area contributed by atoms with Crippen LogP contribution in [0.4, 0.5) is 0 Å². The number of hydrogen-bond acceptors (Lipinski definition) is 5. The number of pyridine rings is 1. The van der Waals surface area contributed by atoms with Crippen LogP contribution in [0.2, 0.25) is 0 Å². The molecular formula is C15H24N4O2. The Morgan fingerprint density at radius 1 is 1.29 bits per heavy atom. The first-order valence-corrected chi connectivity index (χ1v) is 7.38. The lowest BCUT2D eigenvalue weighted by Gasteiger charge is -2.34. The zero-order valence-electron chi connectivity index (χ0n) is 12.6. The van der Waals surface area contributed by atoms with Crippen molar-refractivity contribution < 1.29 is 9.53 Å². The van der Waals surface area contributed by atoms with E-state index in [9.17, 15) is 4.79 Å². The Hall–Kier alpha value is -1.50. The van der Waals surface area contributed by atoms with E-state index < -0.39 is 0 Å². The van der Waals surface area contributed by atoms with Gasteiger partial charge in [0.2, 0.25) is 5.91 Å². The number of carbonyl (C=O) groups is 1. The predicted octanol–water partition coefficient (Wildman–Crippen LogP) is -0.0382. The van der Waals surface area contributed by atoms with E-state index in [1.807, 2.05) is 18.3 Å². The van der Waals surface area contributed by atoms with E-state index in [0.717, 1.165) is 38.4 Å². The van der Waals surface area contributed by atoms with E-state index in [1.165, 1.54) is 0 Å². The molecule has 2 rings (SSSR count). The molecule has 21 heavy (non-hydrogen) atoms. The lowest BCUT2D eigenvalue weighted by Crippen LogP contribution is -2.49. The molecule has 0 aromatic carbocycles. The van der Waals surface area contributed by atoms with E-state index in [4.69, 9.17) is 4.74 Å². The number of amides is 1. The maximum absolute atomic E-state index is 11.7. The topological polar surface area (TPSA) is 57.7 Å². The third-order valence-corrected chi connectivity index (χ3v) is 3.57. The first-order chi connectivity index (χ1) is 10.3. The highest BCUT2D eigenvalue weighted by molar-refractivity contribution is 5.77. The minimum Gasteiger partial charge on any atom is -0.383 e. The van der Waals surface area contributed by atoms with Crippen molar-refractivity contribution in [2.24, 2.45) is 0 Å². The average molecular weight is 292 g/mol. The molecule has 0 spiro atoms. The minimum absolute atomic E-state index is 0.0743. The van der Waals surface area contributed by atoms with E-state index in [-0.39, 0.29) is 5.91 Å². The number of rotatable bonds is 7. The van der Waals surface area contributed by atoms with Crippen LogP contribution in [0.1, 0.15) is 5.69 Å². The van der Waals surface area contributed by atoms with Gasteiger partial charge in [-0.3, -0.25) is 19.6 Å². The molecule has 1 fully saturated rings. The fourth-order valence-corrected chi connectivity index (χ4v) is 2.38. The molecule has 0 bridgehead atoms.